The lowest BCUT2D eigenvalue weighted by Crippen LogP contribution is -2.53. The summed E-state index contributed by atoms with van der Waals surface area (Å²) in [4.78, 5) is 17.6. The Hall–Kier alpha value is -1.78. The fourth-order valence-electron chi connectivity index (χ4n) is 1.85. The number of carbonyl (C=O) groups is 1. The Bertz CT molecular complexity index is 391. The van der Waals surface area contributed by atoms with Gasteiger partial charge in [0.1, 0.15) is 6.04 Å². The number of methoxy groups -OCH3 is 1. The van der Waals surface area contributed by atoms with Crippen LogP contribution in [0.15, 0.2) is 18.3 Å². The SMILES string of the molecule is CCOc1ccc(N2CCC2C(=O)OC)cn1. The number of aromatic nitrogens is 1. The van der Waals surface area contributed by atoms with Crippen LogP contribution in [0, 0.1) is 0 Å². The quantitative estimate of drug-likeness (QED) is 0.736. The maximum absolute atomic E-state index is 11.4. The molecule has 2 heterocycles. The summed E-state index contributed by atoms with van der Waals surface area (Å²) in [6, 6.07) is 3.55. The van der Waals surface area contributed by atoms with Crippen molar-refractivity contribution < 1.29 is 14.3 Å². The van der Waals surface area contributed by atoms with Crippen molar-refractivity contribution in [2.75, 3.05) is 25.2 Å². The number of pyridine rings is 1. The molecule has 1 unspecified atom stereocenters. The van der Waals surface area contributed by atoms with Crippen molar-refractivity contribution in [3.63, 3.8) is 0 Å². The summed E-state index contributed by atoms with van der Waals surface area (Å²) in [5.41, 5.74) is 0.926. The molecular formula is C12H16N2O3. The standard InChI is InChI=1S/C12H16N2O3/c1-3-17-11-5-4-9(8-13-11)14-7-6-10(14)12(15)16-2/h4-5,8,10H,3,6-7H2,1-2H3. The monoisotopic (exact) mass is 236 g/mol. The Morgan fingerprint density at radius 2 is 2.41 bits per heavy atom. The molecule has 0 spiro atoms. The van der Waals surface area contributed by atoms with E-state index >= 15 is 0 Å². The molecule has 1 fully saturated rings. The summed E-state index contributed by atoms with van der Waals surface area (Å²) in [5, 5.41) is 0. The van der Waals surface area contributed by atoms with Gasteiger partial charge in [-0.25, -0.2) is 9.78 Å². The maximum atomic E-state index is 11.4. The fraction of sp³-hybridized carbons (Fsp3) is 0.500. The molecule has 1 aromatic heterocycles. The first-order chi connectivity index (χ1) is 8.26. The van der Waals surface area contributed by atoms with E-state index in [4.69, 9.17) is 9.47 Å². The highest BCUT2D eigenvalue weighted by atomic mass is 16.5. The molecule has 5 nitrogen and oxygen atoms in total. The molecule has 1 aliphatic rings. The Morgan fingerprint density at radius 1 is 1.59 bits per heavy atom. The normalized spacial score (nSPS) is 18.5. The molecule has 0 bridgehead atoms. The van der Waals surface area contributed by atoms with Crippen LogP contribution in [-0.2, 0) is 9.53 Å². The first-order valence-corrected chi connectivity index (χ1v) is 5.69. The predicted molar refractivity (Wildman–Crippen MR) is 63.2 cm³/mol. The fourth-order valence-corrected chi connectivity index (χ4v) is 1.85. The highest BCUT2D eigenvalue weighted by Gasteiger charge is 2.35. The van der Waals surface area contributed by atoms with Crippen LogP contribution in [0.2, 0.25) is 0 Å². The lowest BCUT2D eigenvalue weighted by molar-refractivity contribution is -0.143. The summed E-state index contributed by atoms with van der Waals surface area (Å²) in [5.74, 6) is 0.413. The van der Waals surface area contributed by atoms with Crippen molar-refractivity contribution in [2.24, 2.45) is 0 Å². The van der Waals surface area contributed by atoms with Crippen molar-refractivity contribution in [2.45, 2.75) is 19.4 Å². The molecule has 1 atom stereocenters. The first kappa shape index (κ1) is 11.7. The van der Waals surface area contributed by atoms with Crippen molar-refractivity contribution in [3.05, 3.63) is 18.3 Å². The number of hydrogen-bond acceptors (Lipinski definition) is 5. The lowest BCUT2D eigenvalue weighted by atomic mass is 10.0. The van der Waals surface area contributed by atoms with Gasteiger partial charge in [-0.2, -0.15) is 0 Å². The maximum Gasteiger partial charge on any atom is 0.328 e. The van der Waals surface area contributed by atoms with Gasteiger partial charge in [0.25, 0.3) is 0 Å². The highest BCUT2D eigenvalue weighted by Crippen LogP contribution is 2.27. The number of anilines is 1. The number of ether oxygens (including phenoxy) is 2. The lowest BCUT2D eigenvalue weighted by Gasteiger charge is -2.40. The minimum absolute atomic E-state index is 0.167. The first-order valence-electron chi connectivity index (χ1n) is 5.69. The second-order valence-electron chi connectivity index (χ2n) is 3.81. The number of esters is 1. The molecule has 17 heavy (non-hydrogen) atoms. The van der Waals surface area contributed by atoms with E-state index in [-0.39, 0.29) is 12.0 Å². The second kappa shape index (κ2) is 5.03. The molecule has 0 aliphatic carbocycles. The van der Waals surface area contributed by atoms with Crippen LogP contribution < -0.4 is 9.64 Å². The van der Waals surface area contributed by atoms with Gasteiger partial charge < -0.3 is 14.4 Å². The summed E-state index contributed by atoms with van der Waals surface area (Å²) in [6.07, 6.45) is 2.56. The van der Waals surface area contributed by atoms with Crippen LogP contribution >= 0.6 is 0 Å². The van der Waals surface area contributed by atoms with Gasteiger partial charge in [-0.15, -0.1) is 0 Å². The Kier molecular flexibility index (Phi) is 3.46. The van der Waals surface area contributed by atoms with Crippen molar-refractivity contribution in [1.82, 2.24) is 4.98 Å². The van der Waals surface area contributed by atoms with Gasteiger partial charge in [0.2, 0.25) is 5.88 Å². The third kappa shape index (κ3) is 2.33. The summed E-state index contributed by atoms with van der Waals surface area (Å²) in [6.45, 7) is 3.37. The number of nitrogens with zero attached hydrogens (tertiary/aromatic N) is 2. The van der Waals surface area contributed by atoms with Gasteiger partial charge in [0.05, 0.1) is 25.6 Å². The Balaban J connectivity index is 2.05. The molecule has 0 radical (unpaired) electrons. The summed E-state index contributed by atoms with van der Waals surface area (Å²) >= 11 is 0. The molecule has 1 saturated heterocycles. The molecule has 0 aromatic carbocycles. The molecule has 0 saturated carbocycles. The molecule has 0 N–H and O–H groups in total. The van der Waals surface area contributed by atoms with Crippen molar-refractivity contribution in [1.29, 1.82) is 0 Å². The average Bonchev–Trinajstić information content (AvgIpc) is 2.30. The van der Waals surface area contributed by atoms with E-state index in [2.05, 4.69) is 4.98 Å². The van der Waals surface area contributed by atoms with Crippen LogP contribution in [-0.4, -0.2) is 37.3 Å². The Labute approximate surface area is 100 Å². The minimum atomic E-state index is -0.190. The third-order valence-corrected chi connectivity index (χ3v) is 2.84. The zero-order chi connectivity index (χ0) is 12.3. The van der Waals surface area contributed by atoms with Gasteiger partial charge in [0.15, 0.2) is 0 Å². The predicted octanol–water partition coefficient (Wildman–Crippen LogP) is 1.23. The molecule has 1 aromatic rings. The van der Waals surface area contributed by atoms with E-state index in [0.29, 0.717) is 12.5 Å². The van der Waals surface area contributed by atoms with E-state index < -0.39 is 0 Å². The summed E-state index contributed by atoms with van der Waals surface area (Å²) < 4.78 is 10.0. The molecular weight excluding hydrogens is 220 g/mol. The smallest absolute Gasteiger partial charge is 0.328 e. The van der Waals surface area contributed by atoms with Crippen LogP contribution in [0.25, 0.3) is 0 Å². The van der Waals surface area contributed by atoms with Crippen LogP contribution in [0.4, 0.5) is 5.69 Å². The summed E-state index contributed by atoms with van der Waals surface area (Å²) in [7, 11) is 1.41. The van der Waals surface area contributed by atoms with Gasteiger partial charge in [-0.05, 0) is 19.4 Å². The van der Waals surface area contributed by atoms with Gasteiger partial charge in [0, 0.05) is 12.6 Å². The van der Waals surface area contributed by atoms with Crippen LogP contribution in [0.5, 0.6) is 5.88 Å². The largest absolute Gasteiger partial charge is 0.478 e. The van der Waals surface area contributed by atoms with E-state index in [9.17, 15) is 4.79 Å². The zero-order valence-electron chi connectivity index (χ0n) is 10.0. The average molecular weight is 236 g/mol. The van der Waals surface area contributed by atoms with Gasteiger partial charge in [-0.3, -0.25) is 0 Å². The van der Waals surface area contributed by atoms with E-state index in [1.54, 1.807) is 6.20 Å². The molecule has 0 amide bonds. The molecule has 2 rings (SSSR count). The second-order valence-corrected chi connectivity index (χ2v) is 3.81. The molecule has 1 aliphatic heterocycles. The topological polar surface area (TPSA) is 51.7 Å². The van der Waals surface area contributed by atoms with Crippen molar-refractivity contribution >= 4 is 11.7 Å². The number of carbonyl (C=O) groups excluding carboxylic acids is 1. The Morgan fingerprint density at radius 3 is 2.88 bits per heavy atom. The zero-order valence-corrected chi connectivity index (χ0v) is 10.0. The van der Waals surface area contributed by atoms with Gasteiger partial charge in [-0.1, -0.05) is 0 Å². The number of rotatable bonds is 4. The minimum Gasteiger partial charge on any atom is -0.478 e. The van der Waals surface area contributed by atoms with E-state index in [1.165, 1.54) is 7.11 Å². The third-order valence-electron chi connectivity index (χ3n) is 2.84. The van der Waals surface area contributed by atoms with E-state index in [0.717, 1.165) is 18.7 Å². The highest BCUT2D eigenvalue weighted by molar-refractivity contribution is 5.82. The van der Waals surface area contributed by atoms with E-state index in [1.807, 2.05) is 24.0 Å². The van der Waals surface area contributed by atoms with Crippen LogP contribution in [0.1, 0.15) is 13.3 Å². The van der Waals surface area contributed by atoms with Crippen molar-refractivity contribution in [3.8, 4) is 5.88 Å². The number of hydrogen-bond donors (Lipinski definition) is 0. The molecule has 92 valence electrons. The van der Waals surface area contributed by atoms with Gasteiger partial charge >= 0.3 is 5.97 Å². The van der Waals surface area contributed by atoms with Crippen LogP contribution in [0.3, 0.4) is 0 Å². The molecule has 5 heteroatoms.